The van der Waals surface area contributed by atoms with Crippen LogP contribution in [0.2, 0.25) is 0 Å². The maximum Gasteiger partial charge on any atom is 0.332 e. The highest BCUT2D eigenvalue weighted by molar-refractivity contribution is 5.82. The molecule has 0 bridgehead atoms. The summed E-state index contributed by atoms with van der Waals surface area (Å²) in [4.78, 5) is 24.0. The summed E-state index contributed by atoms with van der Waals surface area (Å²) in [5.74, 6) is -1.48. The van der Waals surface area contributed by atoms with E-state index in [1.807, 2.05) is 0 Å². The standard InChI is InChI=1S/C11H18N4O4/c1-3-15(8(2)17)10(11(18)19)9-7-14(13-12-9)5-4-6-16/h7,10,16H,3-6H2,1-2H3,(H,18,19). The summed E-state index contributed by atoms with van der Waals surface area (Å²) in [5, 5.41) is 25.6. The Bertz CT molecular complexity index is 446. The van der Waals surface area contributed by atoms with Crippen molar-refractivity contribution in [3.05, 3.63) is 11.9 Å². The van der Waals surface area contributed by atoms with Crippen LogP contribution in [-0.4, -0.2) is 55.1 Å². The normalized spacial score (nSPS) is 12.2. The van der Waals surface area contributed by atoms with E-state index in [4.69, 9.17) is 5.11 Å². The number of likely N-dealkylation sites (N-methyl/N-ethyl adjacent to an activating group) is 1. The van der Waals surface area contributed by atoms with Crippen LogP contribution >= 0.6 is 0 Å². The third kappa shape index (κ3) is 3.75. The second kappa shape index (κ2) is 6.83. The monoisotopic (exact) mass is 270 g/mol. The lowest BCUT2D eigenvalue weighted by Gasteiger charge is -2.24. The fraction of sp³-hybridized carbons (Fsp3) is 0.636. The topological polar surface area (TPSA) is 109 Å². The van der Waals surface area contributed by atoms with Gasteiger partial charge in [-0.1, -0.05) is 5.21 Å². The maximum atomic E-state index is 11.4. The van der Waals surface area contributed by atoms with E-state index < -0.39 is 12.0 Å². The number of carbonyl (C=O) groups is 2. The number of aliphatic carboxylic acids is 1. The Kier molecular flexibility index (Phi) is 5.43. The summed E-state index contributed by atoms with van der Waals surface area (Å²) < 4.78 is 1.45. The van der Waals surface area contributed by atoms with Gasteiger partial charge in [0.15, 0.2) is 6.04 Å². The van der Waals surface area contributed by atoms with Gasteiger partial charge < -0.3 is 15.1 Å². The Hall–Kier alpha value is -1.96. The molecule has 0 spiro atoms. The van der Waals surface area contributed by atoms with Gasteiger partial charge in [-0.15, -0.1) is 5.10 Å². The van der Waals surface area contributed by atoms with Crippen molar-refractivity contribution in [2.75, 3.05) is 13.2 Å². The van der Waals surface area contributed by atoms with E-state index >= 15 is 0 Å². The molecule has 1 amide bonds. The first kappa shape index (κ1) is 15.1. The van der Waals surface area contributed by atoms with Crippen LogP contribution in [0, 0.1) is 0 Å². The average Bonchev–Trinajstić information content (AvgIpc) is 2.80. The van der Waals surface area contributed by atoms with Gasteiger partial charge in [0.05, 0.1) is 6.20 Å². The predicted molar refractivity (Wildman–Crippen MR) is 65.2 cm³/mol. The van der Waals surface area contributed by atoms with Crippen molar-refractivity contribution in [1.82, 2.24) is 19.9 Å². The van der Waals surface area contributed by atoms with Crippen molar-refractivity contribution in [2.24, 2.45) is 0 Å². The molecule has 1 heterocycles. The molecule has 106 valence electrons. The summed E-state index contributed by atoms with van der Waals surface area (Å²) in [6.45, 7) is 3.76. The molecular weight excluding hydrogens is 252 g/mol. The molecule has 1 rings (SSSR count). The zero-order chi connectivity index (χ0) is 14.4. The number of hydrogen-bond acceptors (Lipinski definition) is 5. The number of aryl methyl sites for hydroxylation is 1. The van der Waals surface area contributed by atoms with Crippen LogP contribution in [0.3, 0.4) is 0 Å². The van der Waals surface area contributed by atoms with Gasteiger partial charge in [-0.05, 0) is 13.3 Å². The number of rotatable bonds is 7. The lowest BCUT2D eigenvalue weighted by Crippen LogP contribution is -2.37. The van der Waals surface area contributed by atoms with Gasteiger partial charge in [0.25, 0.3) is 0 Å². The first-order valence-electron chi connectivity index (χ1n) is 6.02. The van der Waals surface area contributed by atoms with Gasteiger partial charge in [-0.3, -0.25) is 9.48 Å². The smallest absolute Gasteiger partial charge is 0.332 e. The quantitative estimate of drug-likeness (QED) is 0.701. The second-order valence-corrected chi connectivity index (χ2v) is 4.03. The number of carbonyl (C=O) groups excluding carboxylic acids is 1. The van der Waals surface area contributed by atoms with Gasteiger partial charge in [0.2, 0.25) is 5.91 Å². The highest BCUT2D eigenvalue weighted by Crippen LogP contribution is 2.18. The van der Waals surface area contributed by atoms with Crippen LogP contribution in [0.5, 0.6) is 0 Å². The van der Waals surface area contributed by atoms with Crippen LogP contribution < -0.4 is 0 Å². The zero-order valence-corrected chi connectivity index (χ0v) is 11.0. The van der Waals surface area contributed by atoms with Crippen molar-refractivity contribution < 1.29 is 19.8 Å². The van der Waals surface area contributed by atoms with Crippen LogP contribution in [0.15, 0.2) is 6.20 Å². The molecule has 0 saturated heterocycles. The first-order chi connectivity index (χ1) is 9.01. The van der Waals surface area contributed by atoms with Crippen molar-refractivity contribution in [3.8, 4) is 0 Å². The number of aliphatic hydroxyl groups excluding tert-OH is 1. The maximum absolute atomic E-state index is 11.4. The lowest BCUT2D eigenvalue weighted by atomic mass is 10.2. The van der Waals surface area contributed by atoms with Crippen LogP contribution in [0.1, 0.15) is 32.0 Å². The van der Waals surface area contributed by atoms with Crippen LogP contribution in [0.4, 0.5) is 0 Å². The Morgan fingerprint density at radius 1 is 1.53 bits per heavy atom. The van der Waals surface area contributed by atoms with Crippen molar-refractivity contribution in [2.45, 2.75) is 32.9 Å². The van der Waals surface area contributed by atoms with Gasteiger partial charge in [-0.2, -0.15) is 0 Å². The highest BCUT2D eigenvalue weighted by Gasteiger charge is 2.30. The minimum atomic E-state index is -1.15. The minimum absolute atomic E-state index is 0.0199. The number of carboxylic acid groups (broad SMARTS) is 1. The second-order valence-electron chi connectivity index (χ2n) is 4.03. The molecule has 1 aromatic rings. The minimum Gasteiger partial charge on any atom is -0.479 e. The van der Waals surface area contributed by atoms with Crippen molar-refractivity contribution in [3.63, 3.8) is 0 Å². The van der Waals surface area contributed by atoms with E-state index in [1.165, 1.54) is 22.7 Å². The Morgan fingerprint density at radius 3 is 2.68 bits per heavy atom. The molecule has 0 fully saturated rings. The van der Waals surface area contributed by atoms with Crippen LogP contribution in [-0.2, 0) is 16.1 Å². The predicted octanol–water partition coefficient (Wildman–Crippen LogP) is -0.345. The molecule has 1 atom stereocenters. The van der Waals surface area contributed by atoms with Crippen LogP contribution in [0.25, 0.3) is 0 Å². The van der Waals surface area contributed by atoms with E-state index in [0.717, 1.165) is 0 Å². The molecule has 1 unspecified atom stereocenters. The fourth-order valence-corrected chi connectivity index (χ4v) is 1.79. The molecule has 0 radical (unpaired) electrons. The average molecular weight is 270 g/mol. The molecule has 1 aromatic heterocycles. The van der Waals surface area contributed by atoms with Crippen molar-refractivity contribution >= 4 is 11.9 Å². The first-order valence-corrected chi connectivity index (χ1v) is 6.02. The summed E-state index contributed by atoms with van der Waals surface area (Å²) >= 11 is 0. The zero-order valence-electron chi connectivity index (χ0n) is 11.0. The van der Waals surface area contributed by atoms with Gasteiger partial charge in [0.1, 0.15) is 5.69 Å². The number of carboxylic acids is 1. The molecule has 8 nitrogen and oxygen atoms in total. The molecule has 0 aliphatic rings. The number of nitrogens with zero attached hydrogens (tertiary/aromatic N) is 4. The Balaban J connectivity index is 2.96. The van der Waals surface area contributed by atoms with E-state index in [0.29, 0.717) is 13.0 Å². The number of amides is 1. The molecule has 0 aromatic carbocycles. The summed E-state index contributed by atoms with van der Waals surface area (Å²) in [5.41, 5.74) is 0.211. The molecule has 2 N–H and O–H groups in total. The van der Waals surface area contributed by atoms with Gasteiger partial charge >= 0.3 is 5.97 Å². The van der Waals surface area contributed by atoms with E-state index in [-0.39, 0.29) is 24.8 Å². The fourth-order valence-electron chi connectivity index (χ4n) is 1.79. The summed E-state index contributed by atoms with van der Waals surface area (Å²) in [6, 6.07) is -1.13. The third-order valence-corrected chi connectivity index (χ3v) is 2.67. The molecular formula is C11H18N4O4. The number of hydrogen-bond donors (Lipinski definition) is 2. The highest BCUT2D eigenvalue weighted by atomic mass is 16.4. The largest absolute Gasteiger partial charge is 0.479 e. The van der Waals surface area contributed by atoms with Gasteiger partial charge in [0, 0.05) is 26.6 Å². The van der Waals surface area contributed by atoms with Crippen molar-refractivity contribution in [1.29, 1.82) is 0 Å². The SMILES string of the molecule is CCN(C(C)=O)C(C(=O)O)c1cn(CCCO)nn1. The number of aliphatic hydroxyl groups is 1. The summed E-state index contributed by atoms with van der Waals surface area (Å²) in [6.07, 6.45) is 1.99. The molecule has 0 aliphatic heterocycles. The molecule has 19 heavy (non-hydrogen) atoms. The molecule has 8 heteroatoms. The van der Waals surface area contributed by atoms with Gasteiger partial charge in [-0.25, -0.2) is 4.79 Å². The lowest BCUT2D eigenvalue weighted by molar-refractivity contribution is -0.149. The van der Waals surface area contributed by atoms with E-state index in [1.54, 1.807) is 6.92 Å². The third-order valence-electron chi connectivity index (χ3n) is 2.67. The Morgan fingerprint density at radius 2 is 2.21 bits per heavy atom. The Labute approximate surface area is 110 Å². The van der Waals surface area contributed by atoms with E-state index in [9.17, 15) is 14.7 Å². The molecule has 0 saturated carbocycles. The van der Waals surface area contributed by atoms with E-state index in [2.05, 4.69) is 10.3 Å². The summed E-state index contributed by atoms with van der Waals surface area (Å²) in [7, 11) is 0. The molecule has 0 aliphatic carbocycles. The number of aromatic nitrogens is 3.